The van der Waals surface area contributed by atoms with Gasteiger partial charge in [0.15, 0.2) is 5.75 Å². The van der Waals surface area contributed by atoms with E-state index in [0.717, 1.165) is 17.7 Å². The lowest BCUT2D eigenvalue weighted by atomic mass is 9.99. The van der Waals surface area contributed by atoms with Crippen LogP contribution in [0.5, 0.6) is 5.75 Å². The number of amides is 1. The first-order valence-corrected chi connectivity index (χ1v) is 14.1. The average molecular weight is 557 g/mol. The van der Waals surface area contributed by atoms with Crippen LogP contribution in [0.25, 0.3) is 0 Å². The van der Waals surface area contributed by atoms with Crippen molar-refractivity contribution in [2.45, 2.75) is 37.4 Å². The molecule has 9 nitrogen and oxygen atoms in total. The predicted molar refractivity (Wildman–Crippen MR) is 145 cm³/mol. The van der Waals surface area contributed by atoms with Crippen molar-refractivity contribution >= 4 is 21.6 Å². The summed E-state index contributed by atoms with van der Waals surface area (Å²) in [5.74, 6) is -0.974. The number of aliphatic hydroxyl groups is 1. The van der Waals surface area contributed by atoms with Crippen molar-refractivity contribution in [3.63, 3.8) is 0 Å². The molecule has 1 amide bonds. The van der Waals surface area contributed by atoms with E-state index in [4.69, 9.17) is 4.74 Å². The number of aromatic nitrogens is 1. The third kappa shape index (κ3) is 6.73. The zero-order chi connectivity index (χ0) is 28.2. The molecule has 1 aliphatic rings. The van der Waals surface area contributed by atoms with Crippen LogP contribution < -0.4 is 9.46 Å². The van der Waals surface area contributed by atoms with Gasteiger partial charge in [0, 0.05) is 37.9 Å². The summed E-state index contributed by atoms with van der Waals surface area (Å²) in [6, 6.07) is 12.5. The number of hydrogen-bond donors (Lipinski definition) is 2. The number of para-hydroxylation sites is 1. The summed E-state index contributed by atoms with van der Waals surface area (Å²) in [7, 11) is -2.15. The van der Waals surface area contributed by atoms with Crippen molar-refractivity contribution in [3.8, 4) is 5.75 Å². The van der Waals surface area contributed by atoms with E-state index in [-0.39, 0.29) is 40.3 Å². The second kappa shape index (κ2) is 12.1. The van der Waals surface area contributed by atoms with Gasteiger partial charge in [0.25, 0.3) is 15.9 Å². The van der Waals surface area contributed by atoms with E-state index in [1.807, 2.05) is 26.1 Å². The third-order valence-corrected chi connectivity index (χ3v) is 8.13. The zero-order valence-electron chi connectivity index (χ0n) is 22.1. The van der Waals surface area contributed by atoms with Crippen molar-refractivity contribution in [1.82, 2.24) is 14.8 Å². The molecule has 208 valence electrons. The molecule has 3 aromatic rings. The smallest absolute Gasteiger partial charge is 0.262 e. The molecule has 2 aromatic carbocycles. The first-order chi connectivity index (χ1) is 18.6. The summed E-state index contributed by atoms with van der Waals surface area (Å²) in [6.45, 7) is 4.97. The topological polar surface area (TPSA) is 112 Å². The Balaban J connectivity index is 1.71. The number of fused-ring (bicyclic) bond motifs is 1. The van der Waals surface area contributed by atoms with Crippen LogP contribution in [-0.2, 0) is 16.6 Å². The van der Waals surface area contributed by atoms with Gasteiger partial charge in [-0.2, -0.15) is 0 Å². The Hall–Kier alpha value is -3.54. The van der Waals surface area contributed by atoms with Crippen molar-refractivity contribution in [2.24, 2.45) is 5.92 Å². The van der Waals surface area contributed by atoms with Crippen LogP contribution in [0.3, 0.4) is 0 Å². The van der Waals surface area contributed by atoms with Gasteiger partial charge in [0.2, 0.25) is 0 Å². The van der Waals surface area contributed by atoms with Gasteiger partial charge in [0.1, 0.15) is 11.9 Å². The molecule has 1 aromatic heterocycles. The van der Waals surface area contributed by atoms with E-state index >= 15 is 0 Å². The highest BCUT2D eigenvalue weighted by molar-refractivity contribution is 7.92. The second-order valence-corrected chi connectivity index (χ2v) is 11.6. The lowest BCUT2D eigenvalue weighted by molar-refractivity contribution is 0.0344. The molecule has 0 saturated carbocycles. The number of pyridine rings is 1. The molecule has 39 heavy (non-hydrogen) atoms. The van der Waals surface area contributed by atoms with Crippen molar-refractivity contribution < 1.29 is 27.4 Å². The number of nitrogens with one attached hydrogen (secondary N) is 1. The number of benzene rings is 2. The summed E-state index contributed by atoms with van der Waals surface area (Å²) >= 11 is 0. The van der Waals surface area contributed by atoms with Gasteiger partial charge >= 0.3 is 0 Å². The Bertz CT molecular complexity index is 1390. The van der Waals surface area contributed by atoms with Crippen LogP contribution in [0.1, 0.15) is 29.8 Å². The second-order valence-electron chi connectivity index (χ2n) is 9.92. The predicted octanol–water partition coefficient (Wildman–Crippen LogP) is 3.37. The number of sulfonamides is 1. The molecule has 2 heterocycles. The molecule has 0 unspecified atom stereocenters. The molecule has 3 atom stereocenters. The van der Waals surface area contributed by atoms with E-state index in [9.17, 15) is 22.7 Å². The lowest BCUT2D eigenvalue weighted by Gasteiger charge is -2.38. The molecule has 0 aliphatic carbocycles. The molecule has 0 spiro atoms. The Morgan fingerprint density at radius 3 is 2.54 bits per heavy atom. The Labute approximate surface area is 228 Å². The average Bonchev–Trinajstić information content (AvgIpc) is 2.91. The monoisotopic (exact) mass is 556 g/mol. The summed E-state index contributed by atoms with van der Waals surface area (Å²) < 4.78 is 48.7. The molecule has 2 N–H and O–H groups in total. The molecular weight excluding hydrogens is 523 g/mol. The number of carbonyl (C=O) groups excluding carboxylic acids is 1. The largest absolute Gasteiger partial charge is 0.486 e. The summed E-state index contributed by atoms with van der Waals surface area (Å²) in [4.78, 5) is 21.2. The number of anilines is 1. The molecule has 0 fully saturated rings. The van der Waals surface area contributed by atoms with Crippen molar-refractivity contribution in [1.29, 1.82) is 0 Å². The summed E-state index contributed by atoms with van der Waals surface area (Å²) in [6.07, 6.45) is 3.04. The normalized spacial score (nSPS) is 18.6. The van der Waals surface area contributed by atoms with Crippen LogP contribution in [0.15, 0.2) is 71.9 Å². The fourth-order valence-electron chi connectivity index (χ4n) is 4.53. The maximum Gasteiger partial charge on any atom is 0.262 e. The van der Waals surface area contributed by atoms with E-state index in [2.05, 4.69) is 14.6 Å². The van der Waals surface area contributed by atoms with E-state index in [0.29, 0.717) is 19.6 Å². The SMILES string of the molecule is C[C@H]1CN([C@@H](C)CO)C(=O)c2cccc(NS(=O)(=O)c3ccc(F)cc3)c2O[C@@H]1CN(C)Cc1ccncc1. The summed E-state index contributed by atoms with van der Waals surface area (Å²) in [5.41, 5.74) is 1.35. The highest BCUT2D eigenvalue weighted by Gasteiger charge is 2.35. The van der Waals surface area contributed by atoms with Crippen molar-refractivity contribution in [2.75, 3.05) is 31.5 Å². The quantitative estimate of drug-likeness (QED) is 0.416. The van der Waals surface area contributed by atoms with Crippen LogP contribution in [-0.4, -0.2) is 73.1 Å². The minimum absolute atomic E-state index is 0.0951. The van der Waals surface area contributed by atoms with Gasteiger partial charge in [0.05, 0.1) is 28.8 Å². The van der Waals surface area contributed by atoms with Gasteiger partial charge in [-0.1, -0.05) is 13.0 Å². The molecule has 11 heteroatoms. The van der Waals surface area contributed by atoms with E-state index in [1.54, 1.807) is 36.4 Å². The lowest BCUT2D eigenvalue weighted by Crippen LogP contribution is -2.49. The van der Waals surface area contributed by atoms with Crippen LogP contribution in [0.2, 0.25) is 0 Å². The fourth-order valence-corrected chi connectivity index (χ4v) is 5.59. The number of ether oxygens (including phenoxy) is 1. The molecule has 0 saturated heterocycles. The van der Waals surface area contributed by atoms with Gasteiger partial charge in [-0.05, 0) is 68.1 Å². The van der Waals surface area contributed by atoms with Gasteiger partial charge in [-0.15, -0.1) is 0 Å². The van der Waals surface area contributed by atoms with Crippen LogP contribution in [0, 0.1) is 11.7 Å². The fraction of sp³-hybridized carbons (Fsp3) is 0.357. The number of nitrogens with zero attached hydrogens (tertiary/aromatic N) is 3. The number of aliphatic hydroxyl groups excluding tert-OH is 1. The Morgan fingerprint density at radius 1 is 1.18 bits per heavy atom. The van der Waals surface area contributed by atoms with E-state index < -0.39 is 28.0 Å². The summed E-state index contributed by atoms with van der Waals surface area (Å²) in [5, 5.41) is 9.87. The van der Waals surface area contributed by atoms with Gasteiger partial charge < -0.3 is 14.7 Å². The highest BCUT2D eigenvalue weighted by Crippen LogP contribution is 2.36. The minimum Gasteiger partial charge on any atom is -0.486 e. The minimum atomic E-state index is -4.11. The number of carbonyl (C=O) groups is 1. The standard InChI is InChI=1S/C28H33FN4O5S/c1-19-15-33(20(2)18-34)28(35)24-5-4-6-25(31-39(36,37)23-9-7-22(29)8-10-23)27(24)38-26(19)17-32(3)16-21-11-13-30-14-12-21/h4-14,19-20,26,31,34H,15-18H2,1-3H3/t19-,20-,26+/m0/s1. The van der Waals surface area contributed by atoms with Gasteiger partial charge in [-0.3, -0.25) is 19.4 Å². The maximum absolute atomic E-state index is 13.6. The van der Waals surface area contributed by atoms with E-state index in [1.165, 1.54) is 18.2 Å². The van der Waals surface area contributed by atoms with Crippen molar-refractivity contribution in [3.05, 3.63) is 83.9 Å². The first kappa shape index (κ1) is 28.5. The van der Waals surface area contributed by atoms with Crippen LogP contribution >= 0.6 is 0 Å². The van der Waals surface area contributed by atoms with Crippen LogP contribution in [0.4, 0.5) is 10.1 Å². The Morgan fingerprint density at radius 2 is 1.87 bits per heavy atom. The molecular formula is C28H33FN4O5S. The maximum atomic E-state index is 13.6. The molecule has 1 aliphatic heterocycles. The number of likely N-dealkylation sites (N-methyl/N-ethyl adjacent to an activating group) is 1. The van der Waals surface area contributed by atoms with Gasteiger partial charge in [-0.25, -0.2) is 12.8 Å². The first-order valence-electron chi connectivity index (χ1n) is 12.7. The molecule has 0 bridgehead atoms. The molecule has 4 rings (SSSR count). The zero-order valence-corrected chi connectivity index (χ0v) is 22.9. The number of halogens is 1. The highest BCUT2D eigenvalue weighted by atomic mass is 32.2. The third-order valence-electron chi connectivity index (χ3n) is 6.75. The molecule has 0 radical (unpaired) electrons. The Kier molecular flexibility index (Phi) is 8.83. The number of rotatable bonds is 9. The number of hydrogen-bond acceptors (Lipinski definition) is 7.